The molecule has 0 saturated carbocycles. The molecule has 1 aromatic carbocycles. The Morgan fingerprint density at radius 2 is 1.89 bits per heavy atom. The first-order valence-corrected chi connectivity index (χ1v) is 8.84. The van der Waals surface area contributed by atoms with Gasteiger partial charge in [-0.2, -0.15) is 0 Å². The molecule has 3 atom stereocenters. The average Bonchev–Trinajstić information content (AvgIpc) is 2.58. The van der Waals surface area contributed by atoms with Crippen LogP contribution in [0.2, 0.25) is 0 Å². The van der Waals surface area contributed by atoms with Crippen molar-refractivity contribution in [3.05, 3.63) is 35.6 Å². The van der Waals surface area contributed by atoms with E-state index in [9.17, 15) is 28.7 Å². The van der Waals surface area contributed by atoms with Crippen molar-refractivity contribution in [2.45, 2.75) is 45.7 Å². The second kappa shape index (κ2) is 11.0. The predicted molar refractivity (Wildman–Crippen MR) is 97.7 cm³/mol. The van der Waals surface area contributed by atoms with Crippen molar-refractivity contribution in [2.75, 3.05) is 6.61 Å². The number of aliphatic carboxylic acids is 1. The summed E-state index contributed by atoms with van der Waals surface area (Å²) in [6, 6.07) is 3.06. The number of esters is 1. The smallest absolute Gasteiger partial charge is 0.326 e. The summed E-state index contributed by atoms with van der Waals surface area (Å²) < 4.78 is 18.2. The van der Waals surface area contributed by atoms with Crippen LogP contribution in [0.4, 0.5) is 4.39 Å². The fourth-order valence-electron chi connectivity index (χ4n) is 2.66. The molecule has 1 aromatic rings. The largest absolute Gasteiger partial charge is 0.480 e. The maximum atomic E-state index is 13.4. The zero-order valence-electron chi connectivity index (χ0n) is 16.0. The summed E-state index contributed by atoms with van der Waals surface area (Å²) in [5.74, 6) is -4.38. The second-order valence-corrected chi connectivity index (χ2v) is 6.40. The van der Waals surface area contributed by atoms with Gasteiger partial charge in [0.25, 0.3) is 0 Å². The summed E-state index contributed by atoms with van der Waals surface area (Å²) in [5.41, 5.74) is 0.459. The Morgan fingerprint density at radius 3 is 2.43 bits per heavy atom. The van der Waals surface area contributed by atoms with E-state index in [1.54, 1.807) is 13.0 Å². The maximum Gasteiger partial charge on any atom is 0.326 e. The number of amides is 2. The third kappa shape index (κ3) is 7.73. The molecule has 8 nitrogen and oxygen atoms in total. The summed E-state index contributed by atoms with van der Waals surface area (Å²) in [6.45, 7) is 4.50. The first kappa shape index (κ1) is 23.1. The molecule has 2 amide bonds. The number of carbonyl (C=O) groups excluding carboxylic acids is 3. The van der Waals surface area contributed by atoms with E-state index in [1.807, 2.05) is 0 Å². The average molecular weight is 396 g/mol. The minimum Gasteiger partial charge on any atom is -0.480 e. The second-order valence-electron chi connectivity index (χ2n) is 6.40. The van der Waals surface area contributed by atoms with Crippen LogP contribution in [0.1, 0.15) is 32.8 Å². The van der Waals surface area contributed by atoms with E-state index in [0.717, 1.165) is 0 Å². The monoisotopic (exact) mass is 396 g/mol. The lowest BCUT2D eigenvalue weighted by atomic mass is 9.97. The molecule has 0 aliphatic heterocycles. The highest BCUT2D eigenvalue weighted by molar-refractivity contribution is 5.90. The minimum absolute atomic E-state index is 0.0260. The lowest BCUT2D eigenvalue weighted by Crippen LogP contribution is -2.54. The molecule has 0 heterocycles. The number of carboxylic acids is 1. The molecule has 0 fully saturated rings. The van der Waals surface area contributed by atoms with Crippen LogP contribution in [0.5, 0.6) is 0 Å². The van der Waals surface area contributed by atoms with Crippen molar-refractivity contribution in [3.8, 4) is 0 Å². The Balaban J connectivity index is 2.91. The summed E-state index contributed by atoms with van der Waals surface area (Å²) in [5, 5.41) is 14.2. The van der Waals surface area contributed by atoms with Crippen molar-refractivity contribution in [3.63, 3.8) is 0 Å². The molecule has 1 rings (SSSR count). The van der Waals surface area contributed by atoms with E-state index >= 15 is 0 Å². The van der Waals surface area contributed by atoms with Crippen LogP contribution in [0.25, 0.3) is 0 Å². The Hall–Kier alpha value is -2.97. The van der Waals surface area contributed by atoms with E-state index in [2.05, 4.69) is 10.6 Å². The van der Waals surface area contributed by atoms with Crippen LogP contribution in [0.3, 0.4) is 0 Å². The van der Waals surface area contributed by atoms with Crippen molar-refractivity contribution in [1.29, 1.82) is 0 Å². The van der Waals surface area contributed by atoms with Crippen LogP contribution in [-0.2, 0) is 30.3 Å². The van der Waals surface area contributed by atoms with Gasteiger partial charge in [-0.3, -0.25) is 14.4 Å². The van der Waals surface area contributed by atoms with Gasteiger partial charge in [0.1, 0.15) is 17.9 Å². The van der Waals surface area contributed by atoms with Crippen molar-refractivity contribution >= 4 is 23.8 Å². The molecule has 3 N–H and O–H groups in total. The molecular formula is C19H25FN2O6. The van der Waals surface area contributed by atoms with Gasteiger partial charge in [-0.05, 0) is 30.5 Å². The molecule has 154 valence electrons. The molecule has 0 saturated heterocycles. The molecule has 9 heteroatoms. The van der Waals surface area contributed by atoms with E-state index in [0.29, 0.717) is 5.56 Å². The molecule has 0 spiro atoms. The number of rotatable bonds is 10. The van der Waals surface area contributed by atoms with Crippen molar-refractivity contribution < 1.29 is 33.4 Å². The lowest BCUT2D eigenvalue weighted by molar-refractivity contribution is -0.147. The molecule has 0 aliphatic carbocycles. The standard InChI is InChI=1S/C19H25FN2O6/c1-4-28-16(24)8-11(2)17(19(26)27)22-18(25)15(21-12(3)23)10-13-6-5-7-14(20)9-13/h5-7,9,11,15,17H,4,8,10H2,1-3H3,(H,21,23)(H,22,25)(H,26,27)/t11-,15-,17+/m0/s1. The van der Waals surface area contributed by atoms with Crippen LogP contribution in [0, 0.1) is 11.7 Å². The Bertz CT molecular complexity index is 724. The number of carbonyl (C=O) groups is 4. The van der Waals surface area contributed by atoms with Gasteiger partial charge in [-0.1, -0.05) is 19.1 Å². The number of nitrogens with one attached hydrogen (secondary N) is 2. The third-order valence-corrected chi connectivity index (χ3v) is 3.95. The number of benzene rings is 1. The van der Waals surface area contributed by atoms with Crippen molar-refractivity contribution in [1.82, 2.24) is 10.6 Å². The van der Waals surface area contributed by atoms with Gasteiger partial charge in [0.2, 0.25) is 11.8 Å². The Kier molecular flexibility index (Phi) is 9.07. The first-order valence-electron chi connectivity index (χ1n) is 8.84. The quantitative estimate of drug-likeness (QED) is 0.508. The number of carboxylic acid groups (broad SMARTS) is 1. The topological polar surface area (TPSA) is 122 Å². The predicted octanol–water partition coefficient (Wildman–Crippen LogP) is 1.03. The molecule has 0 aliphatic rings. The third-order valence-electron chi connectivity index (χ3n) is 3.95. The molecular weight excluding hydrogens is 371 g/mol. The van der Waals surface area contributed by atoms with Gasteiger partial charge in [0.15, 0.2) is 0 Å². The fourth-order valence-corrected chi connectivity index (χ4v) is 2.66. The Labute approximate surface area is 162 Å². The summed E-state index contributed by atoms with van der Waals surface area (Å²) in [7, 11) is 0. The minimum atomic E-state index is -1.36. The highest BCUT2D eigenvalue weighted by Crippen LogP contribution is 2.12. The van der Waals surface area contributed by atoms with E-state index in [1.165, 1.54) is 32.0 Å². The first-order chi connectivity index (χ1) is 13.1. The molecule has 28 heavy (non-hydrogen) atoms. The van der Waals surface area contributed by atoms with Gasteiger partial charge in [0, 0.05) is 13.3 Å². The van der Waals surface area contributed by atoms with Crippen LogP contribution >= 0.6 is 0 Å². The van der Waals surface area contributed by atoms with Gasteiger partial charge in [0.05, 0.1) is 13.0 Å². The fraction of sp³-hybridized carbons (Fsp3) is 0.474. The number of ether oxygens (including phenoxy) is 1. The van der Waals surface area contributed by atoms with Crippen LogP contribution in [0.15, 0.2) is 24.3 Å². The normalized spacial score (nSPS) is 13.7. The van der Waals surface area contributed by atoms with Crippen LogP contribution < -0.4 is 10.6 Å². The van der Waals surface area contributed by atoms with E-state index < -0.39 is 47.6 Å². The summed E-state index contributed by atoms with van der Waals surface area (Å²) in [4.78, 5) is 47.2. The number of hydrogen-bond donors (Lipinski definition) is 3. The highest BCUT2D eigenvalue weighted by atomic mass is 19.1. The lowest BCUT2D eigenvalue weighted by Gasteiger charge is -2.24. The highest BCUT2D eigenvalue weighted by Gasteiger charge is 2.31. The number of hydrogen-bond acceptors (Lipinski definition) is 5. The van der Waals surface area contributed by atoms with Crippen LogP contribution in [-0.4, -0.2) is 47.6 Å². The maximum absolute atomic E-state index is 13.4. The zero-order valence-corrected chi connectivity index (χ0v) is 16.0. The molecule has 0 radical (unpaired) electrons. The van der Waals surface area contributed by atoms with E-state index in [-0.39, 0.29) is 19.4 Å². The van der Waals surface area contributed by atoms with Crippen molar-refractivity contribution in [2.24, 2.45) is 5.92 Å². The molecule has 0 aromatic heterocycles. The van der Waals surface area contributed by atoms with Gasteiger partial charge in [-0.15, -0.1) is 0 Å². The Morgan fingerprint density at radius 1 is 1.21 bits per heavy atom. The van der Waals surface area contributed by atoms with Gasteiger partial charge < -0.3 is 20.5 Å². The number of halogens is 1. The zero-order chi connectivity index (χ0) is 21.3. The van der Waals surface area contributed by atoms with Gasteiger partial charge >= 0.3 is 11.9 Å². The SMILES string of the molecule is CCOC(=O)C[C@H](C)[C@@H](NC(=O)[C@H](Cc1cccc(F)c1)NC(C)=O)C(=O)O. The summed E-state index contributed by atoms with van der Waals surface area (Å²) in [6.07, 6.45) is -0.221. The molecule has 0 bridgehead atoms. The van der Waals surface area contributed by atoms with Gasteiger partial charge in [-0.25, -0.2) is 9.18 Å². The summed E-state index contributed by atoms with van der Waals surface area (Å²) >= 11 is 0. The van der Waals surface area contributed by atoms with E-state index in [4.69, 9.17) is 4.74 Å². The molecule has 0 unspecified atom stereocenters.